The van der Waals surface area contributed by atoms with Gasteiger partial charge >= 0.3 is 0 Å². The van der Waals surface area contributed by atoms with Crippen molar-refractivity contribution in [1.29, 1.82) is 0 Å². The molecule has 17 heavy (non-hydrogen) atoms. The molecule has 1 aliphatic carbocycles. The summed E-state index contributed by atoms with van der Waals surface area (Å²) in [4.78, 5) is 0. The highest BCUT2D eigenvalue weighted by molar-refractivity contribution is 6.87. The first-order chi connectivity index (χ1) is 7.79. The number of hydrogen-bond acceptors (Lipinski definition) is 3. The van der Waals surface area contributed by atoms with Crippen LogP contribution in [-0.4, -0.2) is 33.8 Å². The maximum absolute atomic E-state index is 6.62. The van der Waals surface area contributed by atoms with Gasteiger partial charge in [-0.15, -0.1) is 0 Å². The molecular weight excluding hydrogens is 248 g/mol. The van der Waals surface area contributed by atoms with Crippen molar-refractivity contribution in [1.82, 2.24) is 0 Å². The van der Waals surface area contributed by atoms with Crippen LogP contribution >= 0.6 is 0 Å². The smallest absolute Gasteiger partial charge is 0.225 e. The van der Waals surface area contributed by atoms with Crippen molar-refractivity contribution in [3.63, 3.8) is 0 Å². The van der Waals surface area contributed by atoms with E-state index in [2.05, 4.69) is 33.1 Å². The standard InChI is InChI=1S/C12H24O3Si2/c1-6-17(5,15-16(2,3)4)11-9-7-8-10-12(11,13-10)14-11/h10H,6-9H2,1-5H3. The van der Waals surface area contributed by atoms with Crippen LogP contribution in [-0.2, 0) is 13.6 Å². The first kappa shape index (κ1) is 12.4. The molecule has 1 saturated carbocycles. The molecule has 0 bridgehead atoms. The van der Waals surface area contributed by atoms with Crippen molar-refractivity contribution >= 4 is 16.6 Å². The normalized spacial score (nSPS) is 46.8. The summed E-state index contributed by atoms with van der Waals surface area (Å²) in [7, 11) is -3.33. The van der Waals surface area contributed by atoms with Gasteiger partial charge in [-0.25, -0.2) is 0 Å². The zero-order valence-corrected chi connectivity index (χ0v) is 13.6. The van der Waals surface area contributed by atoms with Crippen LogP contribution in [0.4, 0.5) is 0 Å². The first-order valence-corrected chi connectivity index (χ1v) is 12.9. The summed E-state index contributed by atoms with van der Waals surface area (Å²) >= 11 is 0. The predicted octanol–water partition coefficient (Wildman–Crippen LogP) is 3.02. The molecule has 2 aliphatic heterocycles. The number of rotatable bonds is 4. The Morgan fingerprint density at radius 2 is 2.00 bits per heavy atom. The van der Waals surface area contributed by atoms with E-state index < -0.39 is 16.6 Å². The van der Waals surface area contributed by atoms with Gasteiger partial charge in [0.2, 0.25) is 14.1 Å². The molecule has 2 heterocycles. The molecule has 0 amide bonds. The van der Waals surface area contributed by atoms with Crippen molar-refractivity contribution in [2.75, 3.05) is 0 Å². The molecule has 3 fully saturated rings. The lowest BCUT2D eigenvalue weighted by Crippen LogP contribution is -2.58. The molecule has 3 nitrogen and oxygen atoms in total. The lowest BCUT2D eigenvalue weighted by molar-refractivity contribution is 0.234. The molecule has 1 spiro atoms. The molecule has 3 rings (SSSR count). The highest BCUT2D eigenvalue weighted by Gasteiger charge is 2.91. The van der Waals surface area contributed by atoms with E-state index in [1.807, 2.05) is 0 Å². The van der Waals surface area contributed by atoms with Gasteiger partial charge in [0.15, 0.2) is 8.32 Å². The molecule has 0 radical (unpaired) electrons. The number of ether oxygens (including phenoxy) is 2. The molecular formula is C12H24O3Si2. The van der Waals surface area contributed by atoms with Gasteiger partial charge < -0.3 is 13.6 Å². The Hall–Kier alpha value is 0.314. The molecule has 5 heteroatoms. The van der Waals surface area contributed by atoms with Crippen LogP contribution < -0.4 is 0 Å². The summed E-state index contributed by atoms with van der Waals surface area (Å²) in [5.41, 5.74) is 0. The highest BCUT2D eigenvalue weighted by atomic mass is 28.4. The third-order valence-electron chi connectivity index (χ3n) is 4.59. The van der Waals surface area contributed by atoms with Gasteiger partial charge in [0, 0.05) is 0 Å². The van der Waals surface area contributed by atoms with Gasteiger partial charge in [0.25, 0.3) is 0 Å². The van der Waals surface area contributed by atoms with E-state index in [-0.39, 0.29) is 11.0 Å². The molecule has 0 aromatic heterocycles. The fourth-order valence-corrected chi connectivity index (χ4v) is 13.0. The summed E-state index contributed by atoms with van der Waals surface area (Å²) in [6.07, 6.45) is 3.97. The van der Waals surface area contributed by atoms with E-state index >= 15 is 0 Å². The van der Waals surface area contributed by atoms with Gasteiger partial charge in [0.1, 0.15) is 11.3 Å². The van der Waals surface area contributed by atoms with E-state index in [0.717, 1.165) is 12.5 Å². The third kappa shape index (κ3) is 1.49. The van der Waals surface area contributed by atoms with Gasteiger partial charge in [-0.2, -0.15) is 0 Å². The first-order valence-electron chi connectivity index (χ1n) is 6.87. The Morgan fingerprint density at radius 1 is 1.29 bits per heavy atom. The second kappa shape index (κ2) is 3.25. The Balaban J connectivity index is 1.87. The van der Waals surface area contributed by atoms with Crippen molar-refractivity contribution in [2.45, 2.75) is 75.5 Å². The summed E-state index contributed by atoms with van der Waals surface area (Å²) in [6.45, 7) is 11.5. The van der Waals surface area contributed by atoms with E-state index in [1.165, 1.54) is 12.8 Å². The third-order valence-corrected chi connectivity index (χ3v) is 12.6. The fraction of sp³-hybridized carbons (Fsp3) is 1.00. The summed E-state index contributed by atoms with van der Waals surface area (Å²) < 4.78 is 18.6. The van der Waals surface area contributed by atoms with Crippen LogP contribution in [0.2, 0.25) is 32.2 Å². The lowest BCUT2D eigenvalue weighted by atomic mass is 10.0. The van der Waals surface area contributed by atoms with Crippen LogP contribution in [0, 0.1) is 0 Å². The molecule has 4 unspecified atom stereocenters. The summed E-state index contributed by atoms with van der Waals surface area (Å²) in [5, 5.41) is -0.00204. The number of epoxide rings is 2. The monoisotopic (exact) mass is 272 g/mol. The van der Waals surface area contributed by atoms with Gasteiger partial charge in [0.05, 0.1) is 0 Å². The van der Waals surface area contributed by atoms with Crippen LogP contribution in [0.25, 0.3) is 0 Å². The van der Waals surface area contributed by atoms with E-state index in [0.29, 0.717) is 6.10 Å². The molecule has 4 atom stereocenters. The molecule has 98 valence electrons. The van der Waals surface area contributed by atoms with Gasteiger partial charge in [-0.1, -0.05) is 6.92 Å². The zero-order valence-electron chi connectivity index (χ0n) is 11.6. The Morgan fingerprint density at radius 3 is 2.59 bits per heavy atom. The molecule has 0 N–H and O–H groups in total. The second-order valence-electron chi connectivity index (χ2n) is 6.89. The maximum Gasteiger partial charge on any atom is 0.225 e. The van der Waals surface area contributed by atoms with Gasteiger partial charge in [-0.05, 0) is 51.5 Å². The minimum Gasteiger partial charge on any atom is -0.454 e. The van der Waals surface area contributed by atoms with Crippen LogP contribution in [0.5, 0.6) is 0 Å². The number of hydrogen-bond donors (Lipinski definition) is 0. The van der Waals surface area contributed by atoms with E-state index in [4.69, 9.17) is 13.6 Å². The molecule has 0 aromatic rings. The van der Waals surface area contributed by atoms with Gasteiger partial charge in [-0.3, -0.25) is 0 Å². The van der Waals surface area contributed by atoms with Crippen molar-refractivity contribution in [2.24, 2.45) is 0 Å². The minimum absolute atomic E-state index is 0.00204. The molecule has 0 aromatic carbocycles. The zero-order chi connectivity index (χ0) is 12.5. The minimum atomic E-state index is -1.82. The molecule has 3 aliphatic rings. The fourth-order valence-electron chi connectivity index (χ4n) is 3.72. The average Bonchev–Trinajstić information content (AvgIpc) is 3.02. The highest BCUT2D eigenvalue weighted by Crippen LogP contribution is 2.72. The topological polar surface area (TPSA) is 34.3 Å². The van der Waals surface area contributed by atoms with Crippen molar-refractivity contribution < 1.29 is 13.6 Å². The van der Waals surface area contributed by atoms with Crippen LogP contribution in [0.15, 0.2) is 0 Å². The largest absolute Gasteiger partial charge is 0.454 e. The Kier molecular flexibility index (Phi) is 2.36. The Bertz CT molecular complexity index is 352. The van der Waals surface area contributed by atoms with E-state index in [9.17, 15) is 0 Å². The quantitative estimate of drug-likeness (QED) is 0.583. The van der Waals surface area contributed by atoms with Crippen LogP contribution in [0.1, 0.15) is 26.2 Å². The van der Waals surface area contributed by atoms with Crippen molar-refractivity contribution in [3.8, 4) is 0 Å². The van der Waals surface area contributed by atoms with Crippen molar-refractivity contribution in [3.05, 3.63) is 0 Å². The Labute approximate surface area is 106 Å². The molecule has 2 saturated heterocycles. The average molecular weight is 272 g/mol. The lowest BCUT2D eigenvalue weighted by Gasteiger charge is -2.38. The maximum atomic E-state index is 6.62. The summed E-state index contributed by atoms with van der Waals surface area (Å²) in [6, 6.07) is 1.13. The predicted molar refractivity (Wildman–Crippen MR) is 71.8 cm³/mol. The van der Waals surface area contributed by atoms with E-state index in [1.54, 1.807) is 0 Å². The SMILES string of the molecule is CC[Si](C)(O[Si](C)(C)C)C12CCCC3OC31O2. The van der Waals surface area contributed by atoms with Crippen LogP contribution in [0.3, 0.4) is 0 Å². The second-order valence-corrected chi connectivity index (χ2v) is 15.9. The summed E-state index contributed by atoms with van der Waals surface area (Å²) in [5.74, 6) is -0.179.